The molecule has 1 atom stereocenters. The monoisotopic (exact) mass is 230 g/mol. The first-order valence-corrected chi connectivity index (χ1v) is 4.99. The Hall–Kier alpha value is -0.930. The summed E-state index contributed by atoms with van der Waals surface area (Å²) in [5, 5.41) is 0.212. The fourth-order valence-electron chi connectivity index (χ4n) is 1.36. The molecular weight excluding hydrogens is 219 g/mol. The van der Waals surface area contributed by atoms with Gasteiger partial charge in [-0.15, -0.1) is 0 Å². The van der Waals surface area contributed by atoms with Gasteiger partial charge in [0.1, 0.15) is 11.9 Å². The Kier molecular flexibility index (Phi) is 4.24. The maximum atomic E-state index is 13.5. The number of ketones is 1. The van der Waals surface area contributed by atoms with Gasteiger partial charge in [-0.05, 0) is 12.1 Å². The van der Waals surface area contributed by atoms with Gasteiger partial charge in [-0.3, -0.25) is 4.79 Å². The van der Waals surface area contributed by atoms with Crippen molar-refractivity contribution in [3.8, 4) is 0 Å². The number of Topliss-reactive ketones (excluding diaryl/α,β-unsaturated/α-hetero) is 1. The molecule has 1 aromatic carbocycles. The number of carbonyl (C=O) groups is 1. The zero-order chi connectivity index (χ0) is 11.4. The van der Waals surface area contributed by atoms with Crippen molar-refractivity contribution in [1.29, 1.82) is 0 Å². The number of hydrogen-bond acceptors (Lipinski definition) is 2. The lowest BCUT2D eigenvalue weighted by Gasteiger charge is -2.15. The number of benzene rings is 1. The van der Waals surface area contributed by atoms with E-state index in [0.717, 1.165) is 0 Å². The van der Waals surface area contributed by atoms with Crippen molar-refractivity contribution in [2.75, 3.05) is 7.11 Å². The van der Waals surface area contributed by atoms with Crippen LogP contribution in [0.2, 0.25) is 5.02 Å². The summed E-state index contributed by atoms with van der Waals surface area (Å²) >= 11 is 5.83. The fourth-order valence-corrected chi connectivity index (χ4v) is 1.62. The van der Waals surface area contributed by atoms with Crippen molar-refractivity contribution < 1.29 is 13.9 Å². The molecule has 0 radical (unpaired) electrons. The lowest BCUT2D eigenvalue weighted by molar-refractivity contribution is -0.129. The average Bonchev–Trinajstić information content (AvgIpc) is 2.22. The molecule has 1 aromatic rings. The van der Waals surface area contributed by atoms with E-state index in [1.165, 1.54) is 25.3 Å². The van der Waals surface area contributed by atoms with Gasteiger partial charge in [-0.1, -0.05) is 24.6 Å². The molecule has 0 bridgehead atoms. The second-order valence-corrected chi connectivity index (χ2v) is 3.48. The summed E-state index contributed by atoms with van der Waals surface area (Å²) in [6.07, 6.45) is -0.632. The highest BCUT2D eigenvalue weighted by molar-refractivity contribution is 6.31. The summed E-state index contributed by atoms with van der Waals surface area (Å²) in [5.74, 6) is -0.708. The molecule has 0 heterocycles. The Morgan fingerprint density at radius 3 is 2.73 bits per heavy atom. The first-order chi connectivity index (χ1) is 7.11. The SMILES string of the molecule is CCC(=O)C(OC)c1c(F)cccc1Cl. The van der Waals surface area contributed by atoms with Crippen LogP contribution in [0.15, 0.2) is 18.2 Å². The predicted molar refractivity (Wildman–Crippen MR) is 56.5 cm³/mol. The van der Waals surface area contributed by atoms with Crippen molar-refractivity contribution in [2.24, 2.45) is 0 Å². The smallest absolute Gasteiger partial charge is 0.165 e. The van der Waals surface area contributed by atoms with Gasteiger partial charge in [0.05, 0.1) is 0 Å². The van der Waals surface area contributed by atoms with Crippen LogP contribution in [0.1, 0.15) is 25.0 Å². The van der Waals surface area contributed by atoms with E-state index in [9.17, 15) is 9.18 Å². The molecule has 0 saturated carbocycles. The van der Waals surface area contributed by atoms with Crippen LogP contribution in [0, 0.1) is 5.82 Å². The van der Waals surface area contributed by atoms with Crippen LogP contribution in [-0.4, -0.2) is 12.9 Å². The topological polar surface area (TPSA) is 26.3 Å². The van der Waals surface area contributed by atoms with E-state index in [-0.39, 0.29) is 22.8 Å². The van der Waals surface area contributed by atoms with Crippen LogP contribution in [0.25, 0.3) is 0 Å². The molecule has 0 spiro atoms. The number of halogens is 2. The first-order valence-electron chi connectivity index (χ1n) is 4.61. The normalized spacial score (nSPS) is 12.5. The lowest BCUT2D eigenvalue weighted by Crippen LogP contribution is -2.15. The molecule has 82 valence electrons. The van der Waals surface area contributed by atoms with Crippen LogP contribution in [0.4, 0.5) is 4.39 Å². The molecule has 0 fully saturated rings. The zero-order valence-electron chi connectivity index (χ0n) is 8.59. The second-order valence-electron chi connectivity index (χ2n) is 3.07. The lowest BCUT2D eigenvalue weighted by atomic mass is 10.0. The molecular formula is C11H12ClFO2. The average molecular weight is 231 g/mol. The van der Waals surface area contributed by atoms with Crippen molar-refractivity contribution in [3.63, 3.8) is 0 Å². The van der Waals surface area contributed by atoms with Crippen LogP contribution >= 0.6 is 11.6 Å². The van der Waals surface area contributed by atoms with Gasteiger partial charge >= 0.3 is 0 Å². The molecule has 4 heteroatoms. The summed E-state index contributed by atoms with van der Waals surface area (Å²) in [6.45, 7) is 1.70. The fraction of sp³-hybridized carbons (Fsp3) is 0.364. The highest BCUT2D eigenvalue weighted by atomic mass is 35.5. The zero-order valence-corrected chi connectivity index (χ0v) is 9.34. The van der Waals surface area contributed by atoms with E-state index in [4.69, 9.17) is 16.3 Å². The van der Waals surface area contributed by atoms with Gasteiger partial charge in [0.15, 0.2) is 5.78 Å². The molecule has 1 rings (SSSR count). The van der Waals surface area contributed by atoms with Gasteiger partial charge in [-0.25, -0.2) is 4.39 Å². The third kappa shape index (κ3) is 2.55. The Morgan fingerprint density at radius 1 is 1.60 bits per heavy atom. The number of ether oxygens (including phenoxy) is 1. The summed E-state index contributed by atoms with van der Waals surface area (Å²) in [4.78, 5) is 11.5. The van der Waals surface area contributed by atoms with Crippen molar-refractivity contribution in [2.45, 2.75) is 19.4 Å². The van der Waals surface area contributed by atoms with Crippen LogP contribution in [-0.2, 0) is 9.53 Å². The third-order valence-corrected chi connectivity index (χ3v) is 2.47. The van der Waals surface area contributed by atoms with Gasteiger partial charge in [0.25, 0.3) is 0 Å². The molecule has 0 amide bonds. The standard InChI is InChI=1S/C11H12ClFO2/c1-3-9(14)11(15-2)10-7(12)5-4-6-8(10)13/h4-6,11H,3H2,1-2H3. The molecule has 0 aliphatic rings. The van der Waals surface area contributed by atoms with Gasteiger partial charge in [0, 0.05) is 24.1 Å². The summed E-state index contributed by atoms with van der Waals surface area (Å²) < 4.78 is 18.4. The molecule has 1 unspecified atom stereocenters. The Balaban J connectivity index is 3.17. The third-order valence-electron chi connectivity index (χ3n) is 2.14. The summed E-state index contributed by atoms with van der Waals surface area (Å²) in [7, 11) is 1.36. The van der Waals surface area contributed by atoms with Gasteiger partial charge < -0.3 is 4.74 Å². The first kappa shape index (κ1) is 12.1. The Bertz CT molecular complexity index is 345. The summed E-state index contributed by atoms with van der Waals surface area (Å²) in [5.41, 5.74) is 0.119. The van der Waals surface area contributed by atoms with E-state index in [0.29, 0.717) is 0 Å². The molecule has 15 heavy (non-hydrogen) atoms. The van der Waals surface area contributed by atoms with E-state index < -0.39 is 11.9 Å². The minimum absolute atomic E-state index is 0.119. The van der Waals surface area contributed by atoms with Crippen LogP contribution in [0.5, 0.6) is 0 Å². The minimum atomic E-state index is -0.913. The number of methoxy groups -OCH3 is 1. The van der Waals surface area contributed by atoms with Gasteiger partial charge in [0.2, 0.25) is 0 Å². The Morgan fingerprint density at radius 2 is 2.27 bits per heavy atom. The maximum Gasteiger partial charge on any atom is 0.165 e. The van der Waals surface area contributed by atoms with E-state index in [2.05, 4.69) is 0 Å². The molecule has 0 aliphatic heterocycles. The number of carbonyl (C=O) groups excluding carboxylic acids is 1. The maximum absolute atomic E-state index is 13.5. The number of rotatable bonds is 4. The van der Waals surface area contributed by atoms with E-state index in [1.807, 2.05) is 0 Å². The van der Waals surface area contributed by atoms with Crippen LogP contribution in [0.3, 0.4) is 0 Å². The van der Waals surface area contributed by atoms with Crippen molar-refractivity contribution in [3.05, 3.63) is 34.6 Å². The largest absolute Gasteiger partial charge is 0.369 e. The molecule has 0 N–H and O–H groups in total. The summed E-state index contributed by atoms with van der Waals surface area (Å²) in [6, 6.07) is 4.29. The van der Waals surface area contributed by atoms with Crippen molar-refractivity contribution in [1.82, 2.24) is 0 Å². The Labute approximate surface area is 93.0 Å². The minimum Gasteiger partial charge on any atom is -0.369 e. The quantitative estimate of drug-likeness (QED) is 0.794. The molecule has 2 nitrogen and oxygen atoms in total. The van der Waals surface area contributed by atoms with Crippen molar-refractivity contribution >= 4 is 17.4 Å². The molecule has 0 saturated heterocycles. The highest BCUT2D eigenvalue weighted by Crippen LogP contribution is 2.29. The van der Waals surface area contributed by atoms with Gasteiger partial charge in [-0.2, -0.15) is 0 Å². The predicted octanol–water partition coefficient (Wildman–Crippen LogP) is 3.15. The van der Waals surface area contributed by atoms with E-state index >= 15 is 0 Å². The molecule has 0 aliphatic carbocycles. The highest BCUT2D eigenvalue weighted by Gasteiger charge is 2.24. The van der Waals surface area contributed by atoms with E-state index in [1.54, 1.807) is 6.92 Å². The number of hydrogen-bond donors (Lipinski definition) is 0. The second kappa shape index (κ2) is 5.24. The van der Waals surface area contributed by atoms with Crippen LogP contribution < -0.4 is 0 Å². The molecule has 0 aromatic heterocycles.